The summed E-state index contributed by atoms with van der Waals surface area (Å²) in [6.45, 7) is 0. The van der Waals surface area contributed by atoms with Crippen LogP contribution in [0.3, 0.4) is 0 Å². The number of aldehydes is 1. The number of aliphatic hydroxyl groups excluding tert-OH is 2. The van der Waals surface area contributed by atoms with E-state index in [1.165, 1.54) is 6.07 Å². The molecule has 0 bridgehead atoms. The fraction of sp³-hybridized carbons (Fsp3) is 0.154. The summed E-state index contributed by atoms with van der Waals surface area (Å²) in [5.74, 6) is -2.63. The highest BCUT2D eigenvalue weighted by Gasteiger charge is 2.53. The first-order valence-electron chi connectivity index (χ1n) is 11.1. The van der Waals surface area contributed by atoms with E-state index in [1.807, 2.05) is 22.6 Å². The van der Waals surface area contributed by atoms with E-state index < -0.39 is 76.6 Å². The van der Waals surface area contributed by atoms with Crippen molar-refractivity contribution >= 4 is 51.2 Å². The van der Waals surface area contributed by atoms with Gasteiger partial charge in [-0.3, -0.25) is 28.8 Å². The zero-order chi connectivity index (χ0) is 27.4. The van der Waals surface area contributed by atoms with Gasteiger partial charge in [0.25, 0.3) is 5.56 Å². The number of aromatic amines is 1. The van der Waals surface area contributed by atoms with Gasteiger partial charge >= 0.3 is 0 Å². The molecular weight excluding hydrogens is 613 g/mol. The predicted octanol–water partition coefficient (Wildman–Crippen LogP) is -1.07. The highest BCUT2D eigenvalue weighted by molar-refractivity contribution is 14.1. The van der Waals surface area contributed by atoms with Gasteiger partial charge in [0.15, 0.2) is 17.5 Å². The van der Waals surface area contributed by atoms with Crippen LogP contribution in [0.2, 0.25) is 0 Å². The van der Waals surface area contributed by atoms with E-state index in [1.54, 1.807) is 0 Å². The Morgan fingerprint density at radius 2 is 1.58 bits per heavy atom. The minimum Gasteiger partial charge on any atom is -0.510 e. The first-order valence-corrected chi connectivity index (χ1v) is 12.2. The Labute approximate surface area is 222 Å². The van der Waals surface area contributed by atoms with Crippen molar-refractivity contribution in [3.05, 3.63) is 105 Å². The van der Waals surface area contributed by atoms with Gasteiger partial charge in [-0.2, -0.15) is 0 Å². The summed E-state index contributed by atoms with van der Waals surface area (Å²) in [6, 6.07) is 2.15. The van der Waals surface area contributed by atoms with E-state index in [4.69, 9.17) is 4.74 Å². The second-order valence-electron chi connectivity index (χ2n) is 9.14. The number of hydrogen-bond donors (Lipinski definition) is 4. The third kappa shape index (κ3) is 2.57. The summed E-state index contributed by atoms with van der Waals surface area (Å²) in [5.41, 5.74) is -6.75. The number of ether oxygens (including phenoxy) is 1. The normalized spacial score (nSPS) is 17.9. The van der Waals surface area contributed by atoms with Crippen LogP contribution in [0.25, 0.3) is 22.3 Å². The van der Waals surface area contributed by atoms with Gasteiger partial charge in [0.05, 0.1) is 39.1 Å². The Balaban J connectivity index is 1.87. The number of halogens is 1. The van der Waals surface area contributed by atoms with Crippen molar-refractivity contribution in [3.63, 3.8) is 0 Å². The number of benzene rings is 1. The number of fused-ring (bicyclic) bond motifs is 4. The fourth-order valence-corrected chi connectivity index (χ4v) is 6.84. The standard InChI is InChI=1S/C26H14INO10/c1-38-11-5-10(30)13-14(19(11)31)21(33)16-15(20(13)32)23(35)26(24(16)36)3-2-8-17(26)22(34)12-9(18(8)27)4-7(6-29)28-25(12)37/h4-6,34-36H,2-3H2,1H3,(H,28,37)/t26-/m0/s1. The summed E-state index contributed by atoms with van der Waals surface area (Å²) in [4.78, 5) is 79.0. The van der Waals surface area contributed by atoms with Crippen LogP contribution in [-0.4, -0.2) is 33.7 Å². The van der Waals surface area contributed by atoms with Gasteiger partial charge in [-0.05, 0) is 47.1 Å². The van der Waals surface area contributed by atoms with Gasteiger partial charge in [0, 0.05) is 20.6 Å². The summed E-state index contributed by atoms with van der Waals surface area (Å²) < 4.78 is 5.32. The first-order chi connectivity index (χ1) is 18.0. The molecule has 12 heteroatoms. The van der Waals surface area contributed by atoms with Crippen molar-refractivity contribution < 1.29 is 24.9 Å². The lowest BCUT2D eigenvalue weighted by Gasteiger charge is -2.27. The minimum atomic E-state index is -1.99. The number of phenolic OH excluding ortho intramolecular Hbond substituents is 1. The zero-order valence-corrected chi connectivity index (χ0v) is 21.4. The van der Waals surface area contributed by atoms with Crippen molar-refractivity contribution in [2.75, 3.05) is 7.11 Å². The van der Waals surface area contributed by atoms with E-state index in [0.717, 1.165) is 13.2 Å². The molecule has 190 valence electrons. The molecule has 1 spiro atoms. The highest BCUT2D eigenvalue weighted by atomic mass is 127. The molecule has 38 heavy (non-hydrogen) atoms. The molecule has 4 aliphatic carbocycles. The molecule has 0 saturated heterocycles. The van der Waals surface area contributed by atoms with Crippen LogP contribution in [0.4, 0.5) is 0 Å². The molecule has 6 rings (SSSR count). The van der Waals surface area contributed by atoms with Crippen LogP contribution in [0.1, 0.15) is 28.0 Å². The molecule has 1 aromatic heterocycles. The van der Waals surface area contributed by atoms with Gasteiger partial charge in [-0.25, -0.2) is 0 Å². The monoisotopic (exact) mass is 627 g/mol. The van der Waals surface area contributed by atoms with E-state index in [0.29, 0.717) is 15.4 Å². The van der Waals surface area contributed by atoms with Gasteiger partial charge in [-0.1, -0.05) is 0 Å². The molecule has 0 saturated carbocycles. The predicted molar refractivity (Wildman–Crippen MR) is 141 cm³/mol. The Morgan fingerprint density at radius 3 is 2.18 bits per heavy atom. The van der Waals surface area contributed by atoms with Crippen molar-refractivity contribution in [2.45, 2.75) is 18.3 Å². The second kappa shape index (κ2) is 7.60. The lowest BCUT2D eigenvalue weighted by atomic mass is 9.78. The molecule has 1 atom stereocenters. The third-order valence-corrected chi connectivity index (χ3v) is 8.74. The Bertz CT molecular complexity index is 2300. The summed E-state index contributed by atoms with van der Waals surface area (Å²) in [5, 5.41) is 31.5. The highest BCUT2D eigenvalue weighted by Crippen LogP contribution is 2.55. The number of aliphatic hydroxyl groups is 2. The zero-order valence-electron chi connectivity index (χ0n) is 19.2. The van der Waals surface area contributed by atoms with E-state index >= 15 is 0 Å². The maximum absolute atomic E-state index is 13.5. The van der Waals surface area contributed by atoms with Crippen LogP contribution in [0.15, 0.2) is 36.1 Å². The smallest absolute Gasteiger partial charge is 0.260 e. The molecule has 1 aromatic carbocycles. The number of H-pyrrole nitrogens is 1. The Kier molecular flexibility index (Phi) is 4.81. The van der Waals surface area contributed by atoms with E-state index in [2.05, 4.69) is 4.98 Å². The van der Waals surface area contributed by atoms with Gasteiger partial charge in [0.1, 0.15) is 22.7 Å². The lowest BCUT2D eigenvalue weighted by Crippen LogP contribution is -2.51. The number of rotatable bonds is 2. The van der Waals surface area contributed by atoms with Crippen LogP contribution < -0.4 is 42.4 Å². The number of carbonyl (C=O) groups excluding carboxylic acids is 1. The summed E-state index contributed by atoms with van der Waals surface area (Å²) >= 11 is 1.92. The molecule has 2 aromatic rings. The topological polar surface area (TPSA) is 188 Å². The van der Waals surface area contributed by atoms with Gasteiger partial charge in [0.2, 0.25) is 16.3 Å². The average Bonchev–Trinajstić information content (AvgIpc) is 3.40. The number of hydrogen-bond acceptors (Lipinski definition) is 10. The van der Waals surface area contributed by atoms with E-state index in [-0.39, 0.29) is 34.9 Å². The van der Waals surface area contributed by atoms with Crippen LogP contribution in [0.5, 0.6) is 11.5 Å². The van der Waals surface area contributed by atoms with Crippen LogP contribution in [-0.2, 0) is 11.8 Å². The summed E-state index contributed by atoms with van der Waals surface area (Å²) in [6.07, 6.45) is 0.465. The second-order valence-corrected chi connectivity index (χ2v) is 10.2. The molecule has 4 N–H and O–H groups in total. The largest absolute Gasteiger partial charge is 0.510 e. The number of aromatic hydroxyl groups is 1. The number of nitrogens with one attached hydrogen (secondary N) is 1. The molecule has 4 aliphatic rings. The number of phenols is 1. The molecule has 0 radical (unpaired) electrons. The first kappa shape index (κ1) is 24.0. The number of aromatic nitrogens is 1. The third-order valence-electron chi connectivity index (χ3n) is 7.50. The van der Waals surface area contributed by atoms with Crippen LogP contribution in [0, 0.1) is 14.0 Å². The summed E-state index contributed by atoms with van der Waals surface area (Å²) in [7, 11) is 1.11. The molecular formula is C26H14INO10. The average molecular weight is 627 g/mol. The maximum Gasteiger partial charge on any atom is 0.260 e. The molecule has 0 fully saturated rings. The number of carbonyl (C=O) groups is 1. The van der Waals surface area contributed by atoms with Crippen molar-refractivity contribution in [1.82, 2.24) is 4.98 Å². The number of methoxy groups -OCH3 is 1. The maximum atomic E-state index is 13.5. The van der Waals surface area contributed by atoms with E-state index in [9.17, 15) is 44.1 Å². The molecule has 0 aliphatic heterocycles. The molecule has 1 heterocycles. The number of pyridine rings is 1. The van der Waals surface area contributed by atoms with Crippen molar-refractivity contribution in [3.8, 4) is 11.5 Å². The minimum absolute atomic E-state index is 0.0273. The fourth-order valence-electron chi connectivity index (χ4n) is 5.88. The van der Waals surface area contributed by atoms with Gasteiger partial charge in [-0.15, -0.1) is 0 Å². The lowest BCUT2D eigenvalue weighted by molar-refractivity contribution is 0.111. The molecule has 0 amide bonds. The SMILES string of the molecule is COc1cc(=O)c2c(=O)c3c(c(=O)c=2c1=O)=C(O)[C@]1(CCc2c1c(O)c1c(=O)[nH]c(C=O)cc1c2I)C=3O. The van der Waals surface area contributed by atoms with Crippen molar-refractivity contribution in [2.24, 2.45) is 0 Å². The molecule has 0 unspecified atom stereocenters. The van der Waals surface area contributed by atoms with Crippen molar-refractivity contribution in [1.29, 1.82) is 0 Å². The molecule has 11 nitrogen and oxygen atoms in total. The van der Waals surface area contributed by atoms with Gasteiger partial charge < -0.3 is 25.0 Å². The Hall–Kier alpha value is -4.33. The Morgan fingerprint density at radius 1 is 0.947 bits per heavy atom. The van der Waals surface area contributed by atoms with Crippen LogP contribution >= 0.6 is 22.6 Å². The quantitative estimate of drug-likeness (QED) is 0.158.